The molecule has 5 heteroatoms. The van der Waals surface area contributed by atoms with Crippen LogP contribution in [0.5, 0.6) is 0 Å². The van der Waals surface area contributed by atoms with Gasteiger partial charge in [0.05, 0.1) is 6.67 Å². The quantitative estimate of drug-likeness (QED) is 0.357. The second-order valence-corrected chi connectivity index (χ2v) is 3.47. The molecule has 96 valence electrons. The third kappa shape index (κ3) is 7.95. The van der Waals surface area contributed by atoms with E-state index in [0.29, 0.717) is 18.9 Å². The maximum atomic E-state index is 11.8. The topological polar surface area (TPSA) is 50.4 Å². The predicted octanol–water partition coefficient (Wildman–Crippen LogP) is 2.11. The zero-order chi connectivity index (χ0) is 11.6. The summed E-state index contributed by atoms with van der Waals surface area (Å²) in [5, 5.41) is 3.00. The van der Waals surface area contributed by atoms with Crippen molar-refractivity contribution in [3.8, 4) is 0 Å². The second kappa shape index (κ2) is 10.3. The number of hydrogen-bond acceptors (Lipinski definition) is 1. The number of alkyl halides is 1. The van der Waals surface area contributed by atoms with E-state index in [4.69, 9.17) is 5.73 Å². The molecule has 0 aliphatic rings. The molecule has 0 aromatic heterocycles. The van der Waals surface area contributed by atoms with Gasteiger partial charge in [0, 0.05) is 13.1 Å². The van der Waals surface area contributed by atoms with Crippen molar-refractivity contribution in [1.29, 1.82) is 0 Å². The standard InChI is InChI=1S/C12H18FN3.HI/c13-8-4-9-15-12(14)16-10-7-11-5-2-1-3-6-11;/h1-3,5-6H,4,7-10H2,(H3,14,15,16);1H. The minimum absolute atomic E-state index is 0. The molecule has 0 bridgehead atoms. The molecule has 0 aliphatic carbocycles. The van der Waals surface area contributed by atoms with E-state index < -0.39 is 0 Å². The first-order chi connectivity index (χ1) is 7.83. The van der Waals surface area contributed by atoms with E-state index >= 15 is 0 Å². The SMILES string of the molecule is I.NC(=NCCCF)NCCc1ccccc1. The van der Waals surface area contributed by atoms with Gasteiger partial charge in [-0.1, -0.05) is 30.3 Å². The molecule has 0 amide bonds. The van der Waals surface area contributed by atoms with Crippen LogP contribution in [0.3, 0.4) is 0 Å². The molecule has 1 aromatic rings. The summed E-state index contributed by atoms with van der Waals surface area (Å²) in [6, 6.07) is 10.1. The number of rotatable bonds is 6. The highest BCUT2D eigenvalue weighted by Crippen LogP contribution is 1.97. The summed E-state index contributed by atoms with van der Waals surface area (Å²) in [5.74, 6) is 0.393. The lowest BCUT2D eigenvalue weighted by Crippen LogP contribution is -2.33. The summed E-state index contributed by atoms with van der Waals surface area (Å²) in [6.45, 7) is 0.844. The molecule has 17 heavy (non-hydrogen) atoms. The molecule has 0 radical (unpaired) electrons. The summed E-state index contributed by atoms with van der Waals surface area (Å²) in [7, 11) is 0. The van der Waals surface area contributed by atoms with Crippen molar-refractivity contribution in [3.63, 3.8) is 0 Å². The van der Waals surface area contributed by atoms with Gasteiger partial charge in [0.15, 0.2) is 5.96 Å². The molecule has 0 atom stereocenters. The van der Waals surface area contributed by atoms with Crippen molar-refractivity contribution >= 4 is 29.9 Å². The van der Waals surface area contributed by atoms with Gasteiger partial charge >= 0.3 is 0 Å². The molecule has 3 nitrogen and oxygen atoms in total. The zero-order valence-electron chi connectivity index (χ0n) is 9.73. The largest absolute Gasteiger partial charge is 0.370 e. The van der Waals surface area contributed by atoms with Gasteiger partial charge in [0.1, 0.15) is 0 Å². The molecule has 3 N–H and O–H groups in total. The molecule has 0 saturated heterocycles. The van der Waals surface area contributed by atoms with Crippen molar-refractivity contribution in [2.45, 2.75) is 12.8 Å². The number of nitrogens with zero attached hydrogens (tertiary/aromatic N) is 1. The average molecular weight is 351 g/mol. The lowest BCUT2D eigenvalue weighted by Gasteiger charge is -2.05. The van der Waals surface area contributed by atoms with E-state index in [-0.39, 0.29) is 30.7 Å². The van der Waals surface area contributed by atoms with E-state index in [1.807, 2.05) is 18.2 Å². The van der Waals surface area contributed by atoms with Gasteiger partial charge < -0.3 is 11.1 Å². The first kappa shape index (κ1) is 16.1. The molecule has 0 aliphatic heterocycles. The molecule has 0 heterocycles. The van der Waals surface area contributed by atoms with E-state index in [0.717, 1.165) is 13.0 Å². The number of guanidine groups is 1. The maximum absolute atomic E-state index is 11.8. The summed E-state index contributed by atoms with van der Waals surface area (Å²) in [6.07, 6.45) is 1.33. The Bertz CT molecular complexity index is 317. The first-order valence-electron chi connectivity index (χ1n) is 5.46. The van der Waals surface area contributed by atoms with Crippen LogP contribution < -0.4 is 11.1 Å². The molecule has 1 rings (SSSR count). The smallest absolute Gasteiger partial charge is 0.188 e. The van der Waals surface area contributed by atoms with Crippen LogP contribution in [-0.2, 0) is 6.42 Å². The van der Waals surface area contributed by atoms with Gasteiger partial charge in [-0.15, -0.1) is 24.0 Å². The van der Waals surface area contributed by atoms with E-state index in [2.05, 4.69) is 22.4 Å². The fraction of sp³-hybridized carbons (Fsp3) is 0.417. The third-order valence-electron chi connectivity index (χ3n) is 2.14. The van der Waals surface area contributed by atoms with Gasteiger partial charge in [-0.25, -0.2) is 0 Å². The highest BCUT2D eigenvalue weighted by Gasteiger charge is 1.93. The number of hydrogen-bond donors (Lipinski definition) is 2. The third-order valence-corrected chi connectivity index (χ3v) is 2.14. The summed E-state index contributed by atoms with van der Waals surface area (Å²) >= 11 is 0. The minimum Gasteiger partial charge on any atom is -0.370 e. The Morgan fingerprint density at radius 3 is 2.65 bits per heavy atom. The molecular formula is C12H19FIN3. The van der Waals surface area contributed by atoms with Gasteiger partial charge in [-0.05, 0) is 18.4 Å². The highest BCUT2D eigenvalue weighted by molar-refractivity contribution is 14.0. The fourth-order valence-electron chi connectivity index (χ4n) is 1.29. The number of nitrogens with one attached hydrogen (secondary N) is 1. The Labute approximate surface area is 119 Å². The van der Waals surface area contributed by atoms with Gasteiger partial charge in [-0.2, -0.15) is 0 Å². The predicted molar refractivity (Wildman–Crippen MR) is 80.6 cm³/mol. The van der Waals surface area contributed by atoms with E-state index in [1.165, 1.54) is 5.56 Å². The second-order valence-electron chi connectivity index (χ2n) is 3.47. The van der Waals surface area contributed by atoms with Crippen LogP contribution in [0.2, 0.25) is 0 Å². The van der Waals surface area contributed by atoms with E-state index in [9.17, 15) is 4.39 Å². The van der Waals surface area contributed by atoms with Crippen molar-refractivity contribution in [3.05, 3.63) is 35.9 Å². The Hall–Kier alpha value is -0.850. The number of aliphatic imine (C=N–C) groups is 1. The summed E-state index contributed by atoms with van der Waals surface area (Å²) < 4.78 is 11.8. The Morgan fingerprint density at radius 1 is 1.29 bits per heavy atom. The molecular weight excluding hydrogens is 332 g/mol. The maximum Gasteiger partial charge on any atom is 0.188 e. The van der Waals surface area contributed by atoms with E-state index in [1.54, 1.807) is 0 Å². The highest BCUT2D eigenvalue weighted by atomic mass is 127. The van der Waals surface area contributed by atoms with Crippen molar-refractivity contribution in [1.82, 2.24) is 5.32 Å². The van der Waals surface area contributed by atoms with Gasteiger partial charge in [0.25, 0.3) is 0 Å². The van der Waals surface area contributed by atoms with Crippen LogP contribution in [0.4, 0.5) is 4.39 Å². The normalized spacial score (nSPS) is 10.8. The number of nitrogens with two attached hydrogens (primary N) is 1. The molecule has 0 spiro atoms. The van der Waals surface area contributed by atoms with Crippen molar-refractivity contribution < 1.29 is 4.39 Å². The number of benzene rings is 1. The van der Waals surface area contributed by atoms with Crippen molar-refractivity contribution in [2.75, 3.05) is 19.8 Å². The van der Waals surface area contributed by atoms with Crippen LogP contribution in [0, 0.1) is 0 Å². The van der Waals surface area contributed by atoms with Crippen LogP contribution in [0.15, 0.2) is 35.3 Å². The monoisotopic (exact) mass is 351 g/mol. The fourth-order valence-corrected chi connectivity index (χ4v) is 1.29. The van der Waals surface area contributed by atoms with Crippen molar-refractivity contribution in [2.24, 2.45) is 10.7 Å². The zero-order valence-corrected chi connectivity index (χ0v) is 12.1. The van der Waals surface area contributed by atoms with Gasteiger partial charge in [0.2, 0.25) is 0 Å². The molecule has 1 aromatic carbocycles. The summed E-state index contributed by atoms with van der Waals surface area (Å²) in [5.41, 5.74) is 6.85. The Morgan fingerprint density at radius 2 is 2.00 bits per heavy atom. The Kier molecular flexibility index (Phi) is 9.80. The molecule has 0 saturated carbocycles. The van der Waals surface area contributed by atoms with Crippen LogP contribution in [0.1, 0.15) is 12.0 Å². The lowest BCUT2D eigenvalue weighted by atomic mass is 10.1. The number of halogens is 2. The van der Waals surface area contributed by atoms with Crippen LogP contribution >= 0.6 is 24.0 Å². The first-order valence-corrected chi connectivity index (χ1v) is 5.46. The Balaban J connectivity index is 0.00000256. The molecule has 0 unspecified atom stereocenters. The summed E-state index contributed by atoms with van der Waals surface area (Å²) in [4.78, 5) is 3.99. The van der Waals surface area contributed by atoms with Crippen LogP contribution in [0.25, 0.3) is 0 Å². The average Bonchev–Trinajstić information content (AvgIpc) is 2.31. The van der Waals surface area contributed by atoms with Gasteiger partial charge in [-0.3, -0.25) is 9.38 Å². The lowest BCUT2D eigenvalue weighted by molar-refractivity contribution is 0.477. The van der Waals surface area contributed by atoms with Crippen LogP contribution in [-0.4, -0.2) is 25.7 Å². The molecule has 0 fully saturated rings. The minimum atomic E-state index is -0.346.